The molecule has 0 aliphatic carbocycles. The van der Waals surface area contributed by atoms with E-state index in [1.807, 2.05) is 0 Å². The van der Waals surface area contributed by atoms with Crippen LogP contribution in [0.4, 0.5) is 0 Å². The SMILES string of the molecule is Cc1cc(Cl)c(S(N)(=O)=O)cc1S(N)(=O)=O. The van der Waals surface area contributed by atoms with Crippen molar-refractivity contribution in [2.45, 2.75) is 16.7 Å². The Bertz CT molecular complexity index is 583. The molecule has 6 nitrogen and oxygen atoms in total. The highest BCUT2D eigenvalue weighted by Gasteiger charge is 2.20. The molecule has 0 amide bonds. The first-order valence-corrected chi connectivity index (χ1v) is 7.36. The Morgan fingerprint density at radius 1 is 1.00 bits per heavy atom. The van der Waals surface area contributed by atoms with Crippen LogP contribution in [0.2, 0.25) is 5.02 Å². The molecular weight excluding hydrogens is 276 g/mol. The molecule has 1 aromatic carbocycles. The first-order chi connectivity index (χ1) is 7.03. The third-order valence-electron chi connectivity index (χ3n) is 1.84. The Morgan fingerprint density at radius 3 is 1.81 bits per heavy atom. The van der Waals surface area contributed by atoms with E-state index >= 15 is 0 Å². The minimum absolute atomic E-state index is 0.146. The fourth-order valence-corrected chi connectivity index (χ4v) is 3.18. The summed E-state index contributed by atoms with van der Waals surface area (Å²) in [6.45, 7) is 1.44. The first kappa shape index (κ1) is 13.4. The van der Waals surface area contributed by atoms with Crippen molar-refractivity contribution >= 4 is 31.6 Å². The van der Waals surface area contributed by atoms with Crippen molar-refractivity contribution in [1.29, 1.82) is 0 Å². The molecule has 0 atom stereocenters. The number of rotatable bonds is 2. The van der Waals surface area contributed by atoms with Gasteiger partial charge in [-0.15, -0.1) is 0 Å². The smallest absolute Gasteiger partial charge is 0.225 e. The lowest BCUT2D eigenvalue weighted by atomic mass is 10.2. The lowest BCUT2D eigenvalue weighted by molar-refractivity contribution is 0.595. The van der Waals surface area contributed by atoms with Gasteiger partial charge in [0.1, 0.15) is 4.90 Å². The summed E-state index contributed by atoms with van der Waals surface area (Å²) in [5.41, 5.74) is 0.250. The largest absolute Gasteiger partial charge is 0.239 e. The summed E-state index contributed by atoms with van der Waals surface area (Å²) in [5.74, 6) is 0. The highest BCUT2D eigenvalue weighted by atomic mass is 35.5. The minimum Gasteiger partial charge on any atom is -0.225 e. The third kappa shape index (κ3) is 2.71. The monoisotopic (exact) mass is 284 g/mol. The van der Waals surface area contributed by atoms with Crippen molar-refractivity contribution in [3.63, 3.8) is 0 Å². The number of hydrogen-bond donors (Lipinski definition) is 2. The van der Waals surface area contributed by atoms with Gasteiger partial charge in [0.2, 0.25) is 20.0 Å². The Balaban J connectivity index is 3.72. The molecular formula is C7H9ClN2O4S2. The standard InChI is InChI=1S/C7H9ClN2O4S2/c1-4-2-5(8)7(16(10,13)14)3-6(4)15(9,11)12/h2-3H,1H3,(H2,9,11,12)(H2,10,13,14). The fraction of sp³-hybridized carbons (Fsp3) is 0.143. The highest BCUT2D eigenvalue weighted by Crippen LogP contribution is 2.26. The zero-order valence-corrected chi connectivity index (χ0v) is 10.5. The molecule has 9 heteroatoms. The topological polar surface area (TPSA) is 120 Å². The average molecular weight is 285 g/mol. The molecule has 0 saturated carbocycles. The van der Waals surface area contributed by atoms with Gasteiger partial charge in [-0.05, 0) is 24.6 Å². The molecule has 1 aromatic rings. The minimum atomic E-state index is -4.08. The van der Waals surface area contributed by atoms with Crippen LogP contribution in [0.3, 0.4) is 0 Å². The molecule has 0 fully saturated rings. The Labute approximate surface area is 98.3 Å². The van der Waals surface area contributed by atoms with Gasteiger partial charge in [0, 0.05) is 0 Å². The van der Waals surface area contributed by atoms with Gasteiger partial charge in [-0.1, -0.05) is 11.6 Å². The van der Waals surface area contributed by atoms with E-state index in [0.717, 1.165) is 6.07 Å². The number of hydrogen-bond acceptors (Lipinski definition) is 4. The van der Waals surface area contributed by atoms with E-state index in [1.54, 1.807) is 0 Å². The van der Waals surface area contributed by atoms with Gasteiger partial charge in [0.25, 0.3) is 0 Å². The van der Waals surface area contributed by atoms with Crippen LogP contribution in [0.5, 0.6) is 0 Å². The number of benzene rings is 1. The van der Waals surface area contributed by atoms with Crippen LogP contribution in [0, 0.1) is 6.92 Å². The van der Waals surface area contributed by atoms with Gasteiger partial charge < -0.3 is 0 Å². The molecule has 0 unspecified atom stereocenters. The van der Waals surface area contributed by atoms with E-state index in [2.05, 4.69) is 0 Å². The molecule has 4 N–H and O–H groups in total. The van der Waals surface area contributed by atoms with Gasteiger partial charge in [0.05, 0.1) is 9.92 Å². The molecule has 0 heterocycles. The van der Waals surface area contributed by atoms with Crippen molar-refractivity contribution in [3.05, 3.63) is 22.7 Å². The zero-order chi connectivity index (χ0) is 12.7. The summed E-state index contributed by atoms with van der Waals surface area (Å²) in [6.07, 6.45) is 0. The maximum Gasteiger partial charge on any atom is 0.239 e. The van der Waals surface area contributed by atoms with Crippen molar-refractivity contribution < 1.29 is 16.8 Å². The molecule has 0 bridgehead atoms. The van der Waals surface area contributed by atoms with Crippen LogP contribution in [-0.4, -0.2) is 16.8 Å². The number of halogens is 1. The lowest BCUT2D eigenvalue weighted by Gasteiger charge is -2.07. The van der Waals surface area contributed by atoms with E-state index in [0.29, 0.717) is 0 Å². The Morgan fingerprint density at radius 2 is 1.44 bits per heavy atom. The first-order valence-electron chi connectivity index (χ1n) is 3.89. The second-order valence-corrected chi connectivity index (χ2v) is 6.61. The molecule has 0 saturated heterocycles. The Kier molecular flexibility index (Phi) is 3.32. The number of primary sulfonamides is 2. The maximum atomic E-state index is 11.1. The predicted molar refractivity (Wildman–Crippen MR) is 58.9 cm³/mol. The van der Waals surface area contributed by atoms with Crippen molar-refractivity contribution in [1.82, 2.24) is 0 Å². The highest BCUT2D eigenvalue weighted by molar-refractivity contribution is 7.90. The molecule has 90 valence electrons. The average Bonchev–Trinajstić information content (AvgIpc) is 1.97. The van der Waals surface area contributed by atoms with Crippen molar-refractivity contribution in [3.8, 4) is 0 Å². The number of nitrogens with two attached hydrogens (primary N) is 2. The zero-order valence-electron chi connectivity index (χ0n) is 8.14. The fourth-order valence-electron chi connectivity index (χ4n) is 1.16. The van der Waals surface area contributed by atoms with E-state index in [4.69, 9.17) is 21.9 Å². The van der Waals surface area contributed by atoms with Crippen molar-refractivity contribution in [2.24, 2.45) is 10.3 Å². The van der Waals surface area contributed by atoms with Crippen LogP contribution >= 0.6 is 11.6 Å². The number of aryl methyl sites for hydroxylation is 1. The van der Waals surface area contributed by atoms with Gasteiger partial charge in [-0.2, -0.15) is 0 Å². The van der Waals surface area contributed by atoms with Crippen molar-refractivity contribution in [2.75, 3.05) is 0 Å². The van der Waals surface area contributed by atoms with Crippen LogP contribution in [0.15, 0.2) is 21.9 Å². The molecule has 0 aliphatic rings. The maximum absolute atomic E-state index is 11.1. The summed E-state index contributed by atoms with van der Waals surface area (Å²) >= 11 is 5.64. The van der Waals surface area contributed by atoms with Crippen LogP contribution in [0.1, 0.15) is 5.56 Å². The molecule has 16 heavy (non-hydrogen) atoms. The van der Waals surface area contributed by atoms with Gasteiger partial charge in [-0.3, -0.25) is 0 Å². The predicted octanol–water partition coefficient (Wildman–Crippen LogP) is -0.0568. The van der Waals surface area contributed by atoms with Gasteiger partial charge in [0.15, 0.2) is 0 Å². The molecule has 0 spiro atoms. The molecule has 0 radical (unpaired) electrons. The summed E-state index contributed by atoms with van der Waals surface area (Å²) in [5, 5.41) is 9.64. The van der Waals surface area contributed by atoms with E-state index in [9.17, 15) is 16.8 Å². The van der Waals surface area contributed by atoms with Gasteiger partial charge in [-0.25, -0.2) is 27.1 Å². The summed E-state index contributed by atoms with van der Waals surface area (Å²) < 4.78 is 44.5. The van der Waals surface area contributed by atoms with E-state index in [-0.39, 0.29) is 15.5 Å². The second-order valence-electron chi connectivity index (χ2n) is 3.14. The Hall–Kier alpha value is -0.670. The third-order valence-corrected chi connectivity index (χ3v) is 4.27. The van der Waals surface area contributed by atoms with E-state index in [1.165, 1.54) is 13.0 Å². The van der Waals surface area contributed by atoms with E-state index < -0.39 is 24.9 Å². The van der Waals surface area contributed by atoms with Gasteiger partial charge >= 0.3 is 0 Å². The van der Waals surface area contributed by atoms with Crippen LogP contribution in [-0.2, 0) is 20.0 Å². The number of sulfonamides is 2. The molecule has 1 rings (SSSR count). The van der Waals surface area contributed by atoms with Crippen LogP contribution < -0.4 is 10.3 Å². The molecule has 0 aromatic heterocycles. The summed E-state index contributed by atoms with van der Waals surface area (Å²) in [6, 6.07) is 2.03. The lowest BCUT2D eigenvalue weighted by Crippen LogP contribution is -2.17. The summed E-state index contributed by atoms with van der Waals surface area (Å²) in [7, 11) is -8.10. The second kappa shape index (κ2) is 3.97. The normalized spacial score (nSPS) is 12.8. The van der Waals surface area contributed by atoms with Crippen LogP contribution in [0.25, 0.3) is 0 Å². The quantitative estimate of drug-likeness (QED) is 0.790. The summed E-state index contributed by atoms with van der Waals surface area (Å²) in [4.78, 5) is -0.787. The molecule has 0 aliphatic heterocycles.